The molecule has 0 fully saturated rings. The van der Waals surface area contributed by atoms with E-state index in [2.05, 4.69) is 50.8 Å². The normalized spacial score (nSPS) is 14.7. The summed E-state index contributed by atoms with van der Waals surface area (Å²) in [4.78, 5) is 21.4. The molecule has 1 unspecified atom stereocenters. The summed E-state index contributed by atoms with van der Waals surface area (Å²) >= 11 is 0. The molecule has 0 saturated carbocycles. The minimum Gasteiger partial charge on any atom is -0.345 e. The van der Waals surface area contributed by atoms with Crippen LogP contribution in [0.1, 0.15) is 51.1 Å². The molecule has 0 bridgehead atoms. The lowest BCUT2D eigenvalue weighted by atomic mass is 9.97. The van der Waals surface area contributed by atoms with E-state index in [1.54, 1.807) is 0 Å². The fourth-order valence-corrected chi connectivity index (χ4v) is 4.37. The minimum absolute atomic E-state index is 0.0397. The average Bonchev–Trinajstić information content (AvgIpc) is 3.29. The zero-order valence-electron chi connectivity index (χ0n) is 19.9. The van der Waals surface area contributed by atoms with Crippen LogP contribution in [0, 0.1) is 27.7 Å². The second-order valence-corrected chi connectivity index (χ2v) is 8.98. The van der Waals surface area contributed by atoms with E-state index in [4.69, 9.17) is 7.98 Å². The standard InChI is InChI=1S/C26H25BN6O/c1-13-6-7-22(28-12-13)18-8-15(3)19(9-14(18)2)24-31-26(33(27)32-24)30-23-11-20-17(5)29-25(34)21(20)10-16(23)4/h6-12,17H,1-5H3,(H,29,34)(H,30,31,32). The van der Waals surface area contributed by atoms with Gasteiger partial charge in [-0.2, -0.15) is 10.1 Å². The lowest BCUT2D eigenvalue weighted by molar-refractivity contribution is 0.0958. The highest BCUT2D eigenvalue weighted by molar-refractivity contribution is 6.07. The van der Waals surface area contributed by atoms with Crippen LogP contribution in [0.15, 0.2) is 42.6 Å². The van der Waals surface area contributed by atoms with E-state index in [1.807, 2.05) is 52.1 Å². The smallest absolute Gasteiger partial charge is 0.269 e. The lowest BCUT2D eigenvalue weighted by Crippen LogP contribution is -2.16. The number of amides is 1. The molecule has 34 heavy (non-hydrogen) atoms. The molecule has 2 aromatic heterocycles. The molecule has 2 radical (unpaired) electrons. The maximum absolute atomic E-state index is 12.1. The summed E-state index contributed by atoms with van der Waals surface area (Å²) in [5.41, 5.74) is 9.60. The molecular formula is C26H25BN6O. The lowest BCUT2D eigenvalue weighted by Gasteiger charge is -2.12. The summed E-state index contributed by atoms with van der Waals surface area (Å²) in [6.07, 6.45) is 1.88. The molecule has 2 aromatic carbocycles. The van der Waals surface area contributed by atoms with Gasteiger partial charge in [0.25, 0.3) is 13.9 Å². The first-order chi connectivity index (χ1) is 16.2. The molecule has 7 nitrogen and oxygen atoms in total. The Kier molecular flexibility index (Phi) is 5.23. The number of pyridine rings is 1. The van der Waals surface area contributed by atoms with Gasteiger partial charge in [0.15, 0.2) is 5.82 Å². The van der Waals surface area contributed by atoms with Crippen molar-refractivity contribution >= 4 is 25.5 Å². The van der Waals surface area contributed by atoms with Crippen LogP contribution in [-0.2, 0) is 0 Å². The molecule has 0 saturated heterocycles. The van der Waals surface area contributed by atoms with Crippen molar-refractivity contribution in [2.45, 2.75) is 40.7 Å². The second kappa shape index (κ2) is 8.13. The molecule has 0 aliphatic carbocycles. The van der Waals surface area contributed by atoms with Gasteiger partial charge in [-0.3, -0.25) is 14.4 Å². The van der Waals surface area contributed by atoms with E-state index < -0.39 is 0 Å². The van der Waals surface area contributed by atoms with Crippen LogP contribution in [0.4, 0.5) is 11.6 Å². The summed E-state index contributed by atoms with van der Waals surface area (Å²) < 4.78 is 1.25. The third-order valence-corrected chi connectivity index (χ3v) is 6.33. The van der Waals surface area contributed by atoms with Crippen LogP contribution in [0.3, 0.4) is 0 Å². The fraction of sp³-hybridized carbons (Fsp3) is 0.231. The third-order valence-electron chi connectivity index (χ3n) is 6.33. The van der Waals surface area contributed by atoms with Crippen molar-refractivity contribution in [3.8, 4) is 22.6 Å². The number of carbonyl (C=O) groups excluding carboxylic acids is 1. The number of carbonyl (C=O) groups is 1. The van der Waals surface area contributed by atoms with Crippen LogP contribution in [0.5, 0.6) is 0 Å². The number of aryl methyl sites for hydroxylation is 4. The van der Waals surface area contributed by atoms with E-state index in [-0.39, 0.29) is 11.9 Å². The maximum atomic E-state index is 12.1. The number of aromatic nitrogens is 4. The molecule has 3 heterocycles. The van der Waals surface area contributed by atoms with E-state index in [9.17, 15) is 4.79 Å². The van der Waals surface area contributed by atoms with Gasteiger partial charge in [-0.05, 0) is 92.8 Å². The highest BCUT2D eigenvalue weighted by Gasteiger charge is 2.26. The van der Waals surface area contributed by atoms with Crippen LogP contribution in [-0.4, -0.2) is 33.5 Å². The van der Waals surface area contributed by atoms with Gasteiger partial charge in [-0.15, -0.1) is 0 Å². The summed E-state index contributed by atoms with van der Waals surface area (Å²) in [6.45, 7) is 10.0. The number of anilines is 2. The second-order valence-electron chi connectivity index (χ2n) is 8.98. The van der Waals surface area contributed by atoms with E-state index >= 15 is 0 Å². The molecule has 1 aliphatic rings. The monoisotopic (exact) mass is 448 g/mol. The van der Waals surface area contributed by atoms with E-state index in [1.165, 1.54) is 4.59 Å². The van der Waals surface area contributed by atoms with Gasteiger partial charge in [0, 0.05) is 28.6 Å². The van der Waals surface area contributed by atoms with Crippen LogP contribution in [0.25, 0.3) is 22.6 Å². The van der Waals surface area contributed by atoms with Crippen molar-refractivity contribution < 1.29 is 4.79 Å². The van der Waals surface area contributed by atoms with Gasteiger partial charge in [-0.1, -0.05) is 6.07 Å². The Labute approximate surface area is 200 Å². The molecule has 168 valence electrons. The molecule has 1 amide bonds. The molecule has 5 rings (SSSR count). The zero-order chi connectivity index (χ0) is 24.1. The molecule has 8 heteroatoms. The van der Waals surface area contributed by atoms with Crippen molar-refractivity contribution in [2.75, 3.05) is 5.32 Å². The number of rotatable bonds is 4. The molecule has 4 aromatic rings. The average molecular weight is 448 g/mol. The van der Waals surface area contributed by atoms with Crippen LogP contribution in [0.2, 0.25) is 0 Å². The van der Waals surface area contributed by atoms with Gasteiger partial charge in [0.05, 0.1) is 11.7 Å². The molecule has 0 spiro atoms. The Morgan fingerprint density at radius 2 is 1.68 bits per heavy atom. The number of benzene rings is 2. The summed E-state index contributed by atoms with van der Waals surface area (Å²) in [5, 5.41) is 10.7. The van der Waals surface area contributed by atoms with Crippen LogP contribution >= 0.6 is 0 Å². The van der Waals surface area contributed by atoms with Crippen LogP contribution < -0.4 is 10.6 Å². The van der Waals surface area contributed by atoms with Gasteiger partial charge in [-0.25, -0.2) is 0 Å². The summed E-state index contributed by atoms with van der Waals surface area (Å²) in [6, 6.07) is 12.1. The Morgan fingerprint density at radius 3 is 2.41 bits per heavy atom. The van der Waals surface area contributed by atoms with E-state index in [0.29, 0.717) is 17.3 Å². The first-order valence-corrected chi connectivity index (χ1v) is 11.2. The van der Waals surface area contributed by atoms with Gasteiger partial charge < -0.3 is 10.6 Å². The number of hydrogen-bond acceptors (Lipinski definition) is 5. The minimum atomic E-state index is -0.0449. The summed E-state index contributed by atoms with van der Waals surface area (Å²) in [5.74, 6) is 0.916. The molecule has 2 N–H and O–H groups in total. The largest absolute Gasteiger partial charge is 0.345 e. The van der Waals surface area contributed by atoms with Crippen molar-refractivity contribution in [3.63, 3.8) is 0 Å². The maximum Gasteiger partial charge on any atom is 0.269 e. The predicted molar refractivity (Wildman–Crippen MR) is 134 cm³/mol. The number of fused-ring (bicyclic) bond motifs is 1. The zero-order valence-corrected chi connectivity index (χ0v) is 19.9. The number of hydrogen-bond donors (Lipinski definition) is 2. The van der Waals surface area contributed by atoms with Crippen molar-refractivity contribution in [1.29, 1.82) is 0 Å². The quantitative estimate of drug-likeness (QED) is 0.442. The van der Waals surface area contributed by atoms with E-state index in [0.717, 1.165) is 50.3 Å². The SMILES string of the molecule is [B]n1nc(-c2cc(C)c(-c3ccc(C)cn3)cc2C)nc1Nc1cc2c(cc1C)C(=O)NC2C. The van der Waals surface area contributed by atoms with Gasteiger partial charge >= 0.3 is 0 Å². The van der Waals surface area contributed by atoms with Crippen molar-refractivity contribution in [3.05, 3.63) is 76.0 Å². The topological polar surface area (TPSA) is 84.7 Å². The fourth-order valence-electron chi connectivity index (χ4n) is 4.37. The Bertz CT molecular complexity index is 1440. The Morgan fingerprint density at radius 1 is 0.971 bits per heavy atom. The summed E-state index contributed by atoms with van der Waals surface area (Å²) in [7, 11) is 6.17. The van der Waals surface area contributed by atoms with Crippen molar-refractivity contribution in [2.24, 2.45) is 0 Å². The highest BCUT2D eigenvalue weighted by Crippen LogP contribution is 2.33. The van der Waals surface area contributed by atoms with Crippen molar-refractivity contribution in [1.82, 2.24) is 25.0 Å². The molecular weight excluding hydrogens is 423 g/mol. The predicted octanol–water partition coefficient (Wildman–Crippen LogP) is 4.72. The molecule has 1 atom stereocenters. The Balaban J connectivity index is 1.48. The highest BCUT2D eigenvalue weighted by atomic mass is 16.2. The molecule has 1 aliphatic heterocycles. The third kappa shape index (κ3) is 3.75. The first-order valence-electron chi connectivity index (χ1n) is 11.2. The Hall–Kier alpha value is -3.94. The number of nitrogens with one attached hydrogen (secondary N) is 2. The van der Waals surface area contributed by atoms with Gasteiger partial charge in [0.2, 0.25) is 5.95 Å². The number of nitrogens with zero attached hydrogens (tertiary/aromatic N) is 4. The first kappa shape index (κ1) is 21.9. The van der Waals surface area contributed by atoms with Gasteiger partial charge in [0.1, 0.15) is 0 Å².